The molecule has 1 aromatic heterocycles. The fraction of sp³-hybridized carbons (Fsp3) is 0.375. The van der Waals surface area contributed by atoms with Gasteiger partial charge in [-0.05, 0) is 6.92 Å². The Labute approximate surface area is 70.0 Å². The van der Waals surface area contributed by atoms with Crippen molar-refractivity contribution < 1.29 is 9.84 Å². The molecule has 4 nitrogen and oxygen atoms in total. The Morgan fingerprint density at radius 1 is 1.75 bits per heavy atom. The molecule has 3 N–H and O–H groups in total. The Balaban J connectivity index is 2.63. The molecule has 0 saturated heterocycles. The average Bonchev–Trinajstić information content (AvgIpc) is 2.41. The van der Waals surface area contributed by atoms with Gasteiger partial charge in [-0.25, -0.2) is 0 Å². The number of ether oxygens (including phenoxy) is 1. The number of pyridine rings is 1. The lowest BCUT2D eigenvalue weighted by Crippen LogP contribution is -2.08. The summed E-state index contributed by atoms with van der Waals surface area (Å²) in [6.45, 7) is 2.18. The van der Waals surface area contributed by atoms with Crippen LogP contribution in [0.1, 0.15) is 23.0 Å². The van der Waals surface area contributed by atoms with Gasteiger partial charge < -0.3 is 15.6 Å². The van der Waals surface area contributed by atoms with Crippen LogP contribution in [-0.4, -0.2) is 10.1 Å². The van der Waals surface area contributed by atoms with Crippen molar-refractivity contribution in [2.75, 3.05) is 0 Å². The highest BCUT2D eigenvalue weighted by Gasteiger charge is 2.24. The molecule has 0 bridgehead atoms. The summed E-state index contributed by atoms with van der Waals surface area (Å²) in [6, 6.07) is 0. The van der Waals surface area contributed by atoms with E-state index >= 15 is 0 Å². The number of fused-ring (bicyclic) bond motifs is 1. The summed E-state index contributed by atoms with van der Waals surface area (Å²) in [4.78, 5) is 4.00. The quantitative estimate of drug-likeness (QED) is 0.591. The van der Waals surface area contributed by atoms with Crippen molar-refractivity contribution >= 4 is 0 Å². The number of rotatable bonds is 0. The molecule has 1 unspecified atom stereocenters. The molecule has 1 aliphatic rings. The zero-order valence-electron chi connectivity index (χ0n) is 6.74. The van der Waals surface area contributed by atoms with E-state index in [4.69, 9.17) is 10.5 Å². The van der Waals surface area contributed by atoms with E-state index in [2.05, 4.69) is 4.98 Å². The molecule has 4 heteroatoms. The maximum atomic E-state index is 9.57. The van der Waals surface area contributed by atoms with E-state index in [9.17, 15) is 5.11 Å². The van der Waals surface area contributed by atoms with Crippen LogP contribution >= 0.6 is 0 Å². The van der Waals surface area contributed by atoms with Gasteiger partial charge in [0.2, 0.25) is 0 Å². The molecule has 64 valence electrons. The summed E-state index contributed by atoms with van der Waals surface area (Å²) in [5, 5.41) is 9.57. The second kappa shape index (κ2) is 2.43. The number of nitrogens with zero attached hydrogens (tertiary/aromatic N) is 1. The zero-order chi connectivity index (χ0) is 8.72. The number of nitrogens with two attached hydrogens (primary N) is 1. The third kappa shape index (κ3) is 0.888. The lowest BCUT2D eigenvalue weighted by molar-refractivity contribution is 0.0700. The molecule has 2 heterocycles. The number of hydrogen-bond acceptors (Lipinski definition) is 4. The predicted octanol–water partition coefficient (Wildman–Crippen LogP) is 0.583. The topological polar surface area (TPSA) is 68.4 Å². The van der Waals surface area contributed by atoms with Crippen LogP contribution in [0.25, 0.3) is 0 Å². The van der Waals surface area contributed by atoms with E-state index in [1.165, 1.54) is 0 Å². The molecule has 0 aromatic carbocycles. The lowest BCUT2D eigenvalue weighted by Gasteiger charge is -2.06. The van der Waals surface area contributed by atoms with Crippen LogP contribution in [0, 0.1) is 6.92 Å². The smallest absolute Gasteiger partial charge is 0.144 e. The molecule has 1 atom stereocenters. The van der Waals surface area contributed by atoms with Crippen molar-refractivity contribution in [1.29, 1.82) is 0 Å². The van der Waals surface area contributed by atoms with Gasteiger partial charge in [0.15, 0.2) is 0 Å². The molecule has 1 aromatic rings. The average molecular weight is 166 g/mol. The highest BCUT2D eigenvalue weighted by atomic mass is 16.5. The van der Waals surface area contributed by atoms with E-state index in [-0.39, 0.29) is 5.75 Å². The van der Waals surface area contributed by atoms with Crippen LogP contribution < -0.4 is 5.73 Å². The van der Waals surface area contributed by atoms with Crippen molar-refractivity contribution in [3.05, 3.63) is 23.0 Å². The van der Waals surface area contributed by atoms with Gasteiger partial charge in [0, 0.05) is 17.3 Å². The lowest BCUT2D eigenvalue weighted by atomic mass is 10.1. The Morgan fingerprint density at radius 2 is 2.50 bits per heavy atom. The Morgan fingerprint density at radius 3 is 3.25 bits per heavy atom. The molecule has 0 fully saturated rings. The molecule has 1 aliphatic heterocycles. The highest BCUT2D eigenvalue weighted by molar-refractivity contribution is 5.43. The largest absolute Gasteiger partial charge is 0.506 e. The van der Waals surface area contributed by atoms with Gasteiger partial charge in [0.1, 0.15) is 12.0 Å². The fourth-order valence-electron chi connectivity index (χ4n) is 1.35. The highest BCUT2D eigenvalue weighted by Crippen LogP contribution is 2.34. The van der Waals surface area contributed by atoms with Crippen molar-refractivity contribution in [3.8, 4) is 5.75 Å². The van der Waals surface area contributed by atoms with Gasteiger partial charge in [-0.3, -0.25) is 4.98 Å². The van der Waals surface area contributed by atoms with E-state index in [0.717, 1.165) is 5.56 Å². The second-order valence-corrected chi connectivity index (χ2v) is 2.86. The van der Waals surface area contributed by atoms with Gasteiger partial charge in [-0.1, -0.05) is 0 Å². The molecule has 12 heavy (non-hydrogen) atoms. The van der Waals surface area contributed by atoms with Crippen LogP contribution in [0.2, 0.25) is 0 Å². The monoisotopic (exact) mass is 166 g/mol. The first-order chi connectivity index (χ1) is 5.70. The Bertz CT molecular complexity index is 325. The van der Waals surface area contributed by atoms with Gasteiger partial charge in [-0.15, -0.1) is 0 Å². The van der Waals surface area contributed by atoms with Crippen LogP contribution in [0.5, 0.6) is 5.75 Å². The fourth-order valence-corrected chi connectivity index (χ4v) is 1.35. The SMILES string of the molecule is Cc1ncc2c(c1O)C(N)OC2. The summed E-state index contributed by atoms with van der Waals surface area (Å²) < 4.78 is 5.14. The second-order valence-electron chi connectivity index (χ2n) is 2.86. The van der Waals surface area contributed by atoms with Crippen LogP contribution in [0.15, 0.2) is 6.20 Å². The van der Waals surface area contributed by atoms with Gasteiger partial charge in [0.05, 0.1) is 12.3 Å². The minimum Gasteiger partial charge on any atom is -0.506 e. The van der Waals surface area contributed by atoms with Crippen LogP contribution in [0.3, 0.4) is 0 Å². The number of aromatic nitrogens is 1. The summed E-state index contributed by atoms with van der Waals surface area (Å²) in [5.41, 5.74) is 7.76. The van der Waals surface area contributed by atoms with Crippen LogP contribution in [-0.2, 0) is 11.3 Å². The molecule has 0 amide bonds. The summed E-state index contributed by atoms with van der Waals surface area (Å²) >= 11 is 0. The first-order valence-electron chi connectivity index (χ1n) is 3.74. The standard InChI is InChI=1S/C8H10N2O2/c1-4-7(11)6-5(2-10-4)3-12-8(6)9/h2,8,11H,3,9H2,1H3. The van der Waals surface area contributed by atoms with E-state index in [1.54, 1.807) is 13.1 Å². The minimum absolute atomic E-state index is 0.164. The normalized spacial score (nSPS) is 21.0. The summed E-state index contributed by atoms with van der Waals surface area (Å²) in [7, 11) is 0. The van der Waals surface area contributed by atoms with E-state index < -0.39 is 6.23 Å². The van der Waals surface area contributed by atoms with Crippen LogP contribution in [0.4, 0.5) is 0 Å². The van der Waals surface area contributed by atoms with Crippen molar-refractivity contribution in [2.45, 2.75) is 19.8 Å². The first kappa shape index (κ1) is 7.52. The molecule has 0 radical (unpaired) electrons. The van der Waals surface area contributed by atoms with E-state index in [1.807, 2.05) is 0 Å². The Kier molecular flexibility index (Phi) is 1.52. The molecule has 0 saturated carbocycles. The third-order valence-electron chi connectivity index (χ3n) is 2.06. The predicted molar refractivity (Wildman–Crippen MR) is 42.4 cm³/mol. The number of hydrogen-bond donors (Lipinski definition) is 2. The van der Waals surface area contributed by atoms with Crippen molar-refractivity contribution in [1.82, 2.24) is 4.98 Å². The number of aryl methyl sites for hydroxylation is 1. The molecule has 2 rings (SSSR count). The molecule has 0 spiro atoms. The van der Waals surface area contributed by atoms with Crippen molar-refractivity contribution in [2.24, 2.45) is 5.73 Å². The zero-order valence-corrected chi connectivity index (χ0v) is 6.74. The molecular formula is C8H10N2O2. The van der Waals surface area contributed by atoms with E-state index in [0.29, 0.717) is 17.9 Å². The molecular weight excluding hydrogens is 156 g/mol. The third-order valence-corrected chi connectivity index (χ3v) is 2.06. The summed E-state index contributed by atoms with van der Waals surface area (Å²) in [5.74, 6) is 0.164. The van der Waals surface area contributed by atoms with Gasteiger partial charge in [0.25, 0.3) is 0 Å². The first-order valence-corrected chi connectivity index (χ1v) is 3.74. The number of aromatic hydroxyl groups is 1. The van der Waals surface area contributed by atoms with Gasteiger partial charge in [-0.2, -0.15) is 0 Å². The van der Waals surface area contributed by atoms with Gasteiger partial charge >= 0.3 is 0 Å². The summed E-state index contributed by atoms with van der Waals surface area (Å²) in [6.07, 6.45) is 1.19. The Hall–Kier alpha value is -1.13. The van der Waals surface area contributed by atoms with Crippen molar-refractivity contribution in [3.63, 3.8) is 0 Å². The minimum atomic E-state index is -0.498. The maximum absolute atomic E-state index is 9.57. The maximum Gasteiger partial charge on any atom is 0.144 e. The molecule has 0 aliphatic carbocycles.